The summed E-state index contributed by atoms with van der Waals surface area (Å²) in [6.07, 6.45) is 0. The number of hydrogen-bond acceptors (Lipinski definition) is 3. The van der Waals surface area contributed by atoms with E-state index in [-0.39, 0.29) is 11.9 Å². The molecule has 5 heteroatoms. The van der Waals surface area contributed by atoms with E-state index in [1.54, 1.807) is 0 Å². The molecule has 20 heavy (non-hydrogen) atoms. The number of nitrogens with one attached hydrogen (secondary N) is 1. The molecule has 1 aliphatic heterocycles. The van der Waals surface area contributed by atoms with Gasteiger partial charge in [-0.1, -0.05) is 28.1 Å². The largest absolute Gasteiger partial charge is 0.340 e. The molecule has 1 atom stereocenters. The highest BCUT2D eigenvalue weighted by Gasteiger charge is 2.25. The van der Waals surface area contributed by atoms with Gasteiger partial charge in [0.25, 0.3) is 0 Å². The molecule has 1 aromatic carbocycles. The molecular weight excluding hydrogens is 318 g/mol. The van der Waals surface area contributed by atoms with Gasteiger partial charge in [-0.05, 0) is 24.6 Å². The van der Waals surface area contributed by atoms with Crippen LogP contribution in [-0.4, -0.2) is 55.0 Å². The molecule has 1 heterocycles. The summed E-state index contributed by atoms with van der Waals surface area (Å²) in [6, 6.07) is 8.06. The van der Waals surface area contributed by atoms with Gasteiger partial charge in [-0.25, -0.2) is 0 Å². The maximum Gasteiger partial charge on any atom is 0.239 e. The van der Waals surface area contributed by atoms with Crippen LogP contribution in [0, 0.1) is 0 Å². The zero-order chi connectivity index (χ0) is 14.5. The molecule has 1 saturated heterocycles. The van der Waals surface area contributed by atoms with Crippen molar-refractivity contribution < 1.29 is 4.79 Å². The van der Waals surface area contributed by atoms with Gasteiger partial charge in [0, 0.05) is 44.2 Å². The summed E-state index contributed by atoms with van der Waals surface area (Å²) in [4.78, 5) is 16.5. The molecule has 1 aliphatic rings. The summed E-state index contributed by atoms with van der Waals surface area (Å²) in [5.41, 5.74) is 1.15. The molecule has 1 aromatic rings. The molecule has 1 N–H and O–H groups in total. The van der Waals surface area contributed by atoms with Crippen LogP contribution in [0.15, 0.2) is 28.7 Å². The summed E-state index contributed by atoms with van der Waals surface area (Å²) in [5.74, 6) is 0.190. The fourth-order valence-corrected chi connectivity index (χ4v) is 2.75. The Morgan fingerprint density at radius 1 is 1.35 bits per heavy atom. The smallest absolute Gasteiger partial charge is 0.239 e. The van der Waals surface area contributed by atoms with Gasteiger partial charge in [0.05, 0.1) is 6.04 Å². The van der Waals surface area contributed by atoms with Crippen molar-refractivity contribution >= 4 is 21.8 Å². The fourth-order valence-electron chi connectivity index (χ4n) is 2.49. The van der Waals surface area contributed by atoms with Crippen molar-refractivity contribution in [3.8, 4) is 0 Å². The van der Waals surface area contributed by atoms with E-state index in [2.05, 4.69) is 26.1 Å². The van der Waals surface area contributed by atoms with E-state index >= 15 is 0 Å². The first kappa shape index (κ1) is 15.5. The van der Waals surface area contributed by atoms with E-state index in [4.69, 9.17) is 0 Å². The van der Waals surface area contributed by atoms with Crippen LogP contribution in [0.1, 0.15) is 12.5 Å². The van der Waals surface area contributed by atoms with Gasteiger partial charge < -0.3 is 10.2 Å². The van der Waals surface area contributed by atoms with Crippen LogP contribution in [0.25, 0.3) is 0 Å². The third kappa shape index (κ3) is 4.04. The van der Waals surface area contributed by atoms with Crippen LogP contribution in [0.5, 0.6) is 0 Å². The van der Waals surface area contributed by atoms with Crippen molar-refractivity contribution in [3.05, 3.63) is 34.3 Å². The van der Waals surface area contributed by atoms with Gasteiger partial charge in [-0.3, -0.25) is 9.69 Å². The predicted octanol–water partition coefficient (Wildman–Crippen LogP) is 1.70. The van der Waals surface area contributed by atoms with E-state index in [1.165, 1.54) is 0 Å². The molecule has 0 aromatic heterocycles. The predicted molar refractivity (Wildman–Crippen MR) is 84.5 cm³/mol. The van der Waals surface area contributed by atoms with E-state index in [0.717, 1.165) is 36.2 Å². The number of amides is 1. The summed E-state index contributed by atoms with van der Waals surface area (Å²) in [6.45, 7) is 6.48. The second-order valence-electron chi connectivity index (χ2n) is 5.28. The molecule has 4 nitrogen and oxygen atoms in total. The average Bonchev–Trinajstić information content (AvgIpc) is 2.49. The van der Waals surface area contributed by atoms with Gasteiger partial charge in [0.15, 0.2) is 0 Å². The number of halogens is 1. The Hall–Kier alpha value is -0.910. The highest BCUT2D eigenvalue weighted by molar-refractivity contribution is 9.10. The Balaban J connectivity index is 1.92. The van der Waals surface area contributed by atoms with Crippen molar-refractivity contribution in [2.75, 3.05) is 33.2 Å². The second-order valence-corrected chi connectivity index (χ2v) is 6.20. The van der Waals surface area contributed by atoms with E-state index in [9.17, 15) is 4.79 Å². The first-order chi connectivity index (χ1) is 9.58. The molecule has 1 fully saturated rings. The summed E-state index contributed by atoms with van der Waals surface area (Å²) < 4.78 is 1.06. The number of carbonyl (C=O) groups excluding carboxylic acids is 1. The van der Waals surface area contributed by atoms with E-state index < -0.39 is 0 Å². The van der Waals surface area contributed by atoms with E-state index in [1.807, 2.05) is 43.1 Å². The lowest BCUT2D eigenvalue weighted by atomic mass is 10.2. The number of carbonyl (C=O) groups is 1. The normalized spacial score (nSPS) is 17.8. The molecule has 0 saturated carbocycles. The van der Waals surface area contributed by atoms with Crippen LogP contribution < -0.4 is 5.32 Å². The molecular formula is C15H22BrN3O. The van der Waals surface area contributed by atoms with Gasteiger partial charge in [0.1, 0.15) is 0 Å². The van der Waals surface area contributed by atoms with Crippen LogP contribution in [-0.2, 0) is 11.3 Å². The lowest BCUT2D eigenvalue weighted by molar-refractivity contribution is -0.135. The summed E-state index contributed by atoms with van der Waals surface area (Å²) >= 11 is 3.42. The van der Waals surface area contributed by atoms with Gasteiger partial charge in [-0.15, -0.1) is 0 Å². The number of piperazine rings is 1. The number of nitrogens with zero attached hydrogens (tertiary/aromatic N) is 2. The van der Waals surface area contributed by atoms with Gasteiger partial charge >= 0.3 is 0 Å². The Morgan fingerprint density at radius 2 is 1.95 bits per heavy atom. The van der Waals surface area contributed by atoms with E-state index in [0.29, 0.717) is 6.54 Å². The van der Waals surface area contributed by atoms with Crippen LogP contribution >= 0.6 is 15.9 Å². The van der Waals surface area contributed by atoms with Gasteiger partial charge in [0.2, 0.25) is 5.91 Å². The molecule has 0 aliphatic carbocycles. The molecule has 1 unspecified atom stereocenters. The zero-order valence-electron chi connectivity index (χ0n) is 12.1. The zero-order valence-corrected chi connectivity index (χ0v) is 13.7. The third-order valence-electron chi connectivity index (χ3n) is 3.77. The molecule has 1 amide bonds. The quantitative estimate of drug-likeness (QED) is 0.906. The molecule has 0 spiro atoms. The molecule has 2 rings (SSSR count). The summed E-state index contributed by atoms with van der Waals surface area (Å²) in [5, 5.41) is 3.31. The number of likely N-dealkylation sites (N-methyl/N-ethyl adjacent to an activating group) is 1. The van der Waals surface area contributed by atoms with Crippen LogP contribution in [0.4, 0.5) is 0 Å². The molecule has 0 bridgehead atoms. The highest BCUT2D eigenvalue weighted by atomic mass is 79.9. The lowest BCUT2D eigenvalue weighted by Gasteiger charge is -2.34. The SMILES string of the molecule is CC(C(=O)N(C)Cc1ccc(Br)cc1)N1CCNCC1. The minimum absolute atomic E-state index is 0.0439. The second kappa shape index (κ2) is 7.20. The fraction of sp³-hybridized carbons (Fsp3) is 0.533. The minimum atomic E-state index is -0.0439. The van der Waals surface area contributed by atoms with Crippen molar-refractivity contribution in [1.82, 2.24) is 15.1 Å². The minimum Gasteiger partial charge on any atom is -0.340 e. The van der Waals surface area contributed by atoms with Crippen LogP contribution in [0.3, 0.4) is 0 Å². The third-order valence-corrected chi connectivity index (χ3v) is 4.29. The standard InChI is InChI=1S/C15H22BrN3O/c1-12(19-9-7-17-8-10-19)15(20)18(2)11-13-3-5-14(16)6-4-13/h3-6,12,17H,7-11H2,1-2H3. The van der Waals surface area contributed by atoms with Crippen LogP contribution in [0.2, 0.25) is 0 Å². The monoisotopic (exact) mass is 339 g/mol. The first-order valence-electron chi connectivity index (χ1n) is 7.02. The Bertz CT molecular complexity index is 443. The lowest BCUT2D eigenvalue weighted by Crippen LogP contribution is -2.52. The molecule has 110 valence electrons. The van der Waals surface area contributed by atoms with Gasteiger partial charge in [-0.2, -0.15) is 0 Å². The summed E-state index contributed by atoms with van der Waals surface area (Å²) in [7, 11) is 1.88. The number of rotatable bonds is 4. The maximum atomic E-state index is 12.5. The van der Waals surface area contributed by atoms with Crippen molar-refractivity contribution in [2.45, 2.75) is 19.5 Å². The Kier molecular flexibility index (Phi) is 5.57. The first-order valence-corrected chi connectivity index (χ1v) is 7.81. The Morgan fingerprint density at radius 3 is 2.55 bits per heavy atom. The molecule has 0 radical (unpaired) electrons. The van der Waals surface area contributed by atoms with Crippen molar-refractivity contribution in [3.63, 3.8) is 0 Å². The number of hydrogen-bond donors (Lipinski definition) is 1. The maximum absolute atomic E-state index is 12.5. The average molecular weight is 340 g/mol. The Labute approximate surface area is 129 Å². The highest BCUT2D eigenvalue weighted by Crippen LogP contribution is 2.13. The van der Waals surface area contributed by atoms with Crippen molar-refractivity contribution in [2.24, 2.45) is 0 Å². The number of benzene rings is 1. The van der Waals surface area contributed by atoms with Crippen molar-refractivity contribution in [1.29, 1.82) is 0 Å². The topological polar surface area (TPSA) is 35.6 Å².